The number of amides is 3. The van der Waals surface area contributed by atoms with Gasteiger partial charge in [0.25, 0.3) is 11.8 Å². The maximum atomic E-state index is 13.8. The Kier molecular flexibility index (Phi) is 6.66. The number of ether oxygens (including phenoxy) is 2. The van der Waals surface area contributed by atoms with Crippen LogP contribution in [-0.4, -0.2) is 65.8 Å². The van der Waals surface area contributed by atoms with E-state index in [1.807, 2.05) is 0 Å². The van der Waals surface area contributed by atoms with Crippen LogP contribution in [0.3, 0.4) is 0 Å². The van der Waals surface area contributed by atoms with Gasteiger partial charge in [0.1, 0.15) is 18.1 Å². The van der Waals surface area contributed by atoms with Crippen molar-refractivity contribution in [1.29, 1.82) is 0 Å². The Labute approximate surface area is 217 Å². The molecule has 3 heterocycles. The van der Waals surface area contributed by atoms with Crippen molar-refractivity contribution in [2.24, 2.45) is 0 Å². The van der Waals surface area contributed by atoms with Crippen molar-refractivity contribution in [3.05, 3.63) is 77.5 Å². The van der Waals surface area contributed by atoms with E-state index in [0.29, 0.717) is 42.6 Å². The molecule has 0 spiro atoms. The lowest BCUT2D eigenvalue weighted by molar-refractivity contribution is -0.129. The molecule has 11 heteroatoms. The van der Waals surface area contributed by atoms with Gasteiger partial charge in [-0.1, -0.05) is 6.07 Å². The average Bonchev–Trinajstić information content (AvgIpc) is 3.40. The third-order valence-electron chi connectivity index (χ3n) is 6.36. The van der Waals surface area contributed by atoms with Crippen LogP contribution >= 0.6 is 0 Å². The summed E-state index contributed by atoms with van der Waals surface area (Å²) in [5, 5.41) is 0. The molecule has 0 unspecified atom stereocenters. The van der Waals surface area contributed by atoms with Crippen molar-refractivity contribution in [3.63, 3.8) is 0 Å². The SMILES string of the molecule is CN(C)C(=O)CN1Cc2ccc(N3CC[C@@H](Oc4ccc(Oc5ccc(F)cc5F)nc4)C3=O)cc2C1=O. The van der Waals surface area contributed by atoms with Gasteiger partial charge in [0.05, 0.1) is 6.20 Å². The van der Waals surface area contributed by atoms with Crippen LogP contribution in [0.1, 0.15) is 22.3 Å². The fraction of sp³-hybridized carbons (Fsp3) is 0.259. The van der Waals surface area contributed by atoms with Crippen LogP contribution in [0.4, 0.5) is 14.5 Å². The van der Waals surface area contributed by atoms with E-state index in [0.717, 1.165) is 17.7 Å². The second kappa shape index (κ2) is 10.1. The first-order valence-electron chi connectivity index (χ1n) is 11.9. The quantitative estimate of drug-likeness (QED) is 0.473. The number of pyridine rings is 1. The molecule has 1 fully saturated rings. The molecule has 2 aromatic carbocycles. The lowest BCUT2D eigenvalue weighted by atomic mass is 10.1. The van der Waals surface area contributed by atoms with E-state index in [1.165, 1.54) is 28.1 Å². The van der Waals surface area contributed by atoms with Gasteiger partial charge in [0.2, 0.25) is 11.8 Å². The number of hydrogen-bond donors (Lipinski definition) is 0. The summed E-state index contributed by atoms with van der Waals surface area (Å²) in [6.07, 6.45) is 1.02. The van der Waals surface area contributed by atoms with Gasteiger partial charge in [-0.15, -0.1) is 0 Å². The number of carbonyl (C=O) groups excluding carboxylic acids is 3. The molecular weight excluding hydrogens is 498 g/mol. The Bertz CT molecular complexity index is 1410. The van der Waals surface area contributed by atoms with Gasteiger partial charge in [-0.2, -0.15) is 0 Å². The minimum atomic E-state index is -0.855. The van der Waals surface area contributed by atoms with E-state index in [-0.39, 0.29) is 35.9 Å². The van der Waals surface area contributed by atoms with Gasteiger partial charge >= 0.3 is 0 Å². The number of benzene rings is 2. The zero-order valence-corrected chi connectivity index (χ0v) is 20.7. The maximum absolute atomic E-state index is 13.8. The van der Waals surface area contributed by atoms with E-state index in [2.05, 4.69) is 4.98 Å². The van der Waals surface area contributed by atoms with E-state index >= 15 is 0 Å². The smallest absolute Gasteiger partial charge is 0.268 e. The van der Waals surface area contributed by atoms with Crippen LogP contribution in [0.2, 0.25) is 0 Å². The summed E-state index contributed by atoms with van der Waals surface area (Å²) in [7, 11) is 3.28. The predicted octanol–water partition coefficient (Wildman–Crippen LogP) is 3.38. The lowest BCUT2D eigenvalue weighted by Crippen LogP contribution is -2.36. The van der Waals surface area contributed by atoms with E-state index in [4.69, 9.17) is 9.47 Å². The van der Waals surface area contributed by atoms with Gasteiger partial charge in [-0.3, -0.25) is 14.4 Å². The Morgan fingerprint density at radius 2 is 1.92 bits per heavy atom. The lowest BCUT2D eigenvalue weighted by Gasteiger charge is -2.18. The fourth-order valence-corrected chi connectivity index (χ4v) is 4.30. The summed E-state index contributed by atoms with van der Waals surface area (Å²) in [5.41, 5.74) is 1.86. The van der Waals surface area contributed by atoms with E-state index < -0.39 is 17.7 Å². The summed E-state index contributed by atoms with van der Waals surface area (Å²) < 4.78 is 38.0. The number of fused-ring (bicyclic) bond motifs is 1. The van der Waals surface area contributed by atoms with Crippen molar-refractivity contribution in [3.8, 4) is 17.4 Å². The number of hydrogen-bond acceptors (Lipinski definition) is 6. The van der Waals surface area contributed by atoms with Crippen molar-refractivity contribution in [2.45, 2.75) is 19.1 Å². The summed E-state index contributed by atoms with van der Waals surface area (Å²) in [5.74, 6) is -2.02. The molecule has 1 aromatic heterocycles. The van der Waals surface area contributed by atoms with Crippen molar-refractivity contribution >= 4 is 23.4 Å². The first-order chi connectivity index (χ1) is 18.2. The van der Waals surface area contributed by atoms with E-state index in [9.17, 15) is 23.2 Å². The van der Waals surface area contributed by atoms with Gasteiger partial charge in [-0.05, 0) is 35.9 Å². The molecule has 1 saturated heterocycles. The van der Waals surface area contributed by atoms with Gasteiger partial charge in [0.15, 0.2) is 17.7 Å². The molecule has 1 atom stereocenters. The highest BCUT2D eigenvalue weighted by atomic mass is 19.1. The van der Waals surface area contributed by atoms with Gasteiger partial charge in [-0.25, -0.2) is 13.8 Å². The second-order valence-corrected chi connectivity index (χ2v) is 9.18. The monoisotopic (exact) mass is 522 g/mol. The first-order valence-corrected chi connectivity index (χ1v) is 11.9. The number of halogens is 2. The Morgan fingerprint density at radius 3 is 2.63 bits per heavy atom. The van der Waals surface area contributed by atoms with Crippen molar-refractivity contribution in [2.75, 3.05) is 32.1 Å². The summed E-state index contributed by atoms with van der Waals surface area (Å²) in [6.45, 7) is 0.733. The van der Waals surface area contributed by atoms with Crippen LogP contribution in [0.25, 0.3) is 0 Å². The van der Waals surface area contributed by atoms with Gasteiger partial charge < -0.3 is 24.2 Å². The zero-order chi connectivity index (χ0) is 27.0. The van der Waals surface area contributed by atoms with E-state index in [1.54, 1.807) is 37.2 Å². The highest BCUT2D eigenvalue weighted by molar-refractivity contribution is 6.03. The Balaban J connectivity index is 1.22. The highest BCUT2D eigenvalue weighted by Gasteiger charge is 2.36. The molecule has 9 nitrogen and oxygen atoms in total. The molecule has 3 amide bonds. The molecule has 196 valence electrons. The third kappa shape index (κ3) is 4.99. The normalized spacial score (nSPS) is 16.6. The summed E-state index contributed by atoms with van der Waals surface area (Å²) in [4.78, 5) is 46.5. The number of nitrogens with zero attached hydrogens (tertiary/aromatic N) is 4. The topological polar surface area (TPSA) is 92.3 Å². The standard InChI is InChI=1S/C27H24F2N4O5/c1-31(2)25(34)15-32-14-16-3-5-18(12-20(16)26(32)35)33-10-9-23(27(33)36)37-19-6-8-24(30-13-19)38-22-7-4-17(28)11-21(22)29/h3-8,11-13,23H,9-10,14-15H2,1-2H3/t23-/m1/s1. The molecule has 38 heavy (non-hydrogen) atoms. The average molecular weight is 523 g/mol. The molecule has 2 aliphatic heterocycles. The van der Waals surface area contributed by atoms with Crippen LogP contribution < -0.4 is 14.4 Å². The van der Waals surface area contributed by atoms with Crippen molar-refractivity contribution in [1.82, 2.24) is 14.8 Å². The molecule has 2 aliphatic rings. The molecule has 5 rings (SSSR count). The zero-order valence-electron chi connectivity index (χ0n) is 20.7. The number of rotatable bonds is 7. The highest BCUT2D eigenvalue weighted by Crippen LogP contribution is 2.31. The molecule has 3 aromatic rings. The van der Waals surface area contributed by atoms with Crippen LogP contribution in [0.15, 0.2) is 54.7 Å². The third-order valence-corrected chi connectivity index (χ3v) is 6.36. The Morgan fingerprint density at radius 1 is 1.11 bits per heavy atom. The largest absolute Gasteiger partial charge is 0.479 e. The minimum Gasteiger partial charge on any atom is -0.479 e. The van der Waals surface area contributed by atoms with Crippen molar-refractivity contribution < 1.29 is 32.6 Å². The maximum Gasteiger partial charge on any atom is 0.268 e. The summed E-state index contributed by atoms with van der Waals surface area (Å²) >= 11 is 0. The number of anilines is 1. The molecule has 0 aliphatic carbocycles. The fourth-order valence-electron chi connectivity index (χ4n) is 4.30. The molecular formula is C27H24F2N4O5. The number of likely N-dealkylation sites (N-methyl/N-ethyl adjacent to an activating group) is 1. The molecule has 0 bridgehead atoms. The molecule has 0 saturated carbocycles. The first kappa shape index (κ1) is 25.1. The second-order valence-electron chi connectivity index (χ2n) is 9.18. The van der Waals surface area contributed by atoms with Crippen LogP contribution in [0.5, 0.6) is 17.4 Å². The van der Waals surface area contributed by atoms with Crippen LogP contribution in [0, 0.1) is 11.6 Å². The Hall–Kier alpha value is -4.54. The molecule has 0 radical (unpaired) electrons. The van der Waals surface area contributed by atoms with Gasteiger partial charge in [0, 0.05) is 57.0 Å². The number of aromatic nitrogens is 1. The number of carbonyl (C=O) groups is 3. The summed E-state index contributed by atoms with van der Waals surface area (Å²) in [6, 6.07) is 11.2. The molecule has 0 N–H and O–H groups in total. The predicted molar refractivity (Wildman–Crippen MR) is 132 cm³/mol. The minimum absolute atomic E-state index is 0.00882. The van der Waals surface area contributed by atoms with Crippen LogP contribution in [-0.2, 0) is 16.1 Å².